The summed E-state index contributed by atoms with van der Waals surface area (Å²) in [6.45, 7) is 7.54. The van der Waals surface area contributed by atoms with E-state index in [1.807, 2.05) is 0 Å². The van der Waals surface area contributed by atoms with Gasteiger partial charge in [-0.05, 0) is 34.6 Å². The number of carboxylic acid groups (broad SMARTS) is 1. The summed E-state index contributed by atoms with van der Waals surface area (Å²) < 4.78 is 22.2. The van der Waals surface area contributed by atoms with Crippen LogP contribution in [-0.4, -0.2) is 58.9 Å². The van der Waals surface area contributed by atoms with Crippen LogP contribution in [0.2, 0.25) is 0 Å². The van der Waals surface area contributed by atoms with Gasteiger partial charge in [0.1, 0.15) is 6.04 Å². The molecular formula is C14H25N3O6S. The molecule has 5 N–H and O–H groups in total. The molecule has 0 spiro atoms. The molecule has 24 heavy (non-hydrogen) atoms. The molecule has 2 atom stereocenters. The lowest BCUT2D eigenvalue weighted by Crippen LogP contribution is -2.78. The van der Waals surface area contributed by atoms with Gasteiger partial charge in [0.2, 0.25) is 11.8 Å². The van der Waals surface area contributed by atoms with Crippen molar-refractivity contribution in [3.05, 3.63) is 0 Å². The molecule has 1 aliphatic heterocycles. The normalized spacial score (nSPS) is 23.4. The Morgan fingerprint density at radius 3 is 2.00 bits per heavy atom. The van der Waals surface area contributed by atoms with Crippen LogP contribution in [0.5, 0.6) is 0 Å². The maximum atomic E-state index is 12.2. The number of nitrogens with one attached hydrogen (secondary N) is 2. The second-order valence-corrected chi connectivity index (χ2v) is 10.2. The SMILES string of the molecule is C[C@@H](NC(=O)[C@@H](N)CC(=O)O)C(=O)NC1C(C)(C)S(=O)(=O)C1(C)C. The number of amides is 2. The van der Waals surface area contributed by atoms with Crippen LogP contribution in [0.3, 0.4) is 0 Å². The lowest BCUT2D eigenvalue weighted by Gasteiger charge is -2.56. The number of nitrogens with two attached hydrogens (primary N) is 1. The van der Waals surface area contributed by atoms with E-state index in [0.717, 1.165) is 0 Å². The van der Waals surface area contributed by atoms with E-state index < -0.39 is 61.7 Å². The van der Waals surface area contributed by atoms with Crippen LogP contribution in [0, 0.1) is 0 Å². The van der Waals surface area contributed by atoms with Crippen molar-refractivity contribution in [1.29, 1.82) is 0 Å². The molecule has 0 aromatic carbocycles. The summed E-state index contributed by atoms with van der Waals surface area (Å²) in [6, 6.07) is -2.86. The molecule has 138 valence electrons. The highest BCUT2D eigenvalue weighted by atomic mass is 32.2. The molecule has 1 heterocycles. The highest BCUT2D eigenvalue weighted by Gasteiger charge is 2.67. The van der Waals surface area contributed by atoms with Crippen molar-refractivity contribution in [2.24, 2.45) is 5.73 Å². The van der Waals surface area contributed by atoms with E-state index >= 15 is 0 Å². The van der Waals surface area contributed by atoms with Gasteiger partial charge < -0.3 is 21.5 Å². The quantitative estimate of drug-likeness (QED) is 0.460. The molecule has 10 heteroatoms. The fourth-order valence-corrected chi connectivity index (χ4v) is 5.55. The molecule has 0 aliphatic carbocycles. The largest absolute Gasteiger partial charge is 0.481 e. The number of carbonyl (C=O) groups is 3. The first-order chi connectivity index (χ1) is 10.7. The lowest BCUT2D eigenvalue weighted by molar-refractivity contribution is -0.139. The first kappa shape index (κ1) is 20.4. The second kappa shape index (κ2) is 6.32. The Hall–Kier alpha value is -1.68. The molecule has 2 amide bonds. The highest BCUT2D eigenvalue weighted by molar-refractivity contribution is 7.95. The zero-order valence-electron chi connectivity index (χ0n) is 14.4. The summed E-state index contributed by atoms with van der Waals surface area (Å²) in [5, 5.41) is 13.6. The van der Waals surface area contributed by atoms with E-state index in [-0.39, 0.29) is 0 Å². The number of hydrogen-bond donors (Lipinski definition) is 4. The van der Waals surface area contributed by atoms with Gasteiger partial charge in [0, 0.05) is 0 Å². The smallest absolute Gasteiger partial charge is 0.305 e. The fourth-order valence-electron chi connectivity index (χ4n) is 3.05. The van der Waals surface area contributed by atoms with Crippen LogP contribution in [0.1, 0.15) is 41.0 Å². The Morgan fingerprint density at radius 1 is 1.12 bits per heavy atom. The third kappa shape index (κ3) is 3.25. The van der Waals surface area contributed by atoms with Crippen LogP contribution >= 0.6 is 0 Å². The summed E-state index contributed by atoms with van der Waals surface area (Å²) in [5.41, 5.74) is 5.42. The Kier molecular flexibility index (Phi) is 5.36. The zero-order valence-corrected chi connectivity index (χ0v) is 15.2. The van der Waals surface area contributed by atoms with Gasteiger partial charge in [-0.15, -0.1) is 0 Å². The number of carboxylic acids is 1. The molecule has 0 bridgehead atoms. The third-order valence-electron chi connectivity index (χ3n) is 4.55. The molecular weight excluding hydrogens is 338 g/mol. The number of rotatable bonds is 6. The zero-order chi connectivity index (χ0) is 19.1. The summed E-state index contributed by atoms with van der Waals surface area (Å²) in [4.78, 5) is 34.5. The van der Waals surface area contributed by atoms with Gasteiger partial charge in [0.15, 0.2) is 9.84 Å². The van der Waals surface area contributed by atoms with Crippen molar-refractivity contribution >= 4 is 27.6 Å². The Labute approximate surface area is 141 Å². The first-order valence-corrected chi connectivity index (χ1v) is 8.97. The number of hydrogen-bond acceptors (Lipinski definition) is 6. The highest BCUT2D eigenvalue weighted by Crippen LogP contribution is 2.48. The molecule has 1 saturated heterocycles. The van der Waals surface area contributed by atoms with Crippen molar-refractivity contribution in [2.45, 2.75) is 68.7 Å². The number of carbonyl (C=O) groups excluding carboxylic acids is 2. The van der Waals surface area contributed by atoms with Crippen molar-refractivity contribution in [3.8, 4) is 0 Å². The third-order valence-corrected chi connectivity index (χ3v) is 7.79. The molecule has 1 rings (SSSR count). The fraction of sp³-hybridized carbons (Fsp3) is 0.786. The van der Waals surface area contributed by atoms with Gasteiger partial charge in [-0.25, -0.2) is 8.42 Å². The lowest BCUT2D eigenvalue weighted by atomic mass is 9.89. The predicted molar refractivity (Wildman–Crippen MR) is 86.8 cm³/mol. The van der Waals surface area contributed by atoms with Crippen LogP contribution in [0.25, 0.3) is 0 Å². The van der Waals surface area contributed by atoms with Crippen molar-refractivity contribution in [3.63, 3.8) is 0 Å². The van der Waals surface area contributed by atoms with Crippen molar-refractivity contribution < 1.29 is 27.9 Å². The van der Waals surface area contributed by atoms with Crippen LogP contribution in [0.15, 0.2) is 0 Å². The van der Waals surface area contributed by atoms with E-state index in [2.05, 4.69) is 10.6 Å². The standard InChI is InChI=1S/C14H25N3O6S/c1-7(16-11(21)8(15)6-9(18)19)10(20)17-12-13(2,3)24(22,23)14(12,4)5/h7-8,12H,6,15H2,1-5H3,(H,16,21)(H,17,20)(H,18,19)/t7-,8+/m1/s1. The van der Waals surface area contributed by atoms with Gasteiger partial charge in [-0.1, -0.05) is 0 Å². The molecule has 9 nitrogen and oxygen atoms in total. The molecule has 0 radical (unpaired) electrons. The maximum Gasteiger partial charge on any atom is 0.305 e. The average Bonchev–Trinajstić information content (AvgIpc) is 2.42. The van der Waals surface area contributed by atoms with Crippen molar-refractivity contribution in [2.75, 3.05) is 0 Å². The second-order valence-electron chi connectivity index (χ2n) is 7.09. The summed E-state index contributed by atoms with van der Waals surface area (Å²) >= 11 is 0. The molecule has 1 fully saturated rings. The summed E-state index contributed by atoms with van der Waals surface area (Å²) in [6.07, 6.45) is -0.554. The topological polar surface area (TPSA) is 156 Å². The Morgan fingerprint density at radius 2 is 1.58 bits per heavy atom. The Balaban J connectivity index is 2.72. The van der Waals surface area contributed by atoms with Gasteiger partial charge >= 0.3 is 5.97 Å². The molecule has 0 unspecified atom stereocenters. The minimum Gasteiger partial charge on any atom is -0.481 e. The van der Waals surface area contributed by atoms with Crippen LogP contribution in [0.4, 0.5) is 0 Å². The van der Waals surface area contributed by atoms with E-state index in [1.54, 1.807) is 0 Å². The molecule has 0 aromatic heterocycles. The van der Waals surface area contributed by atoms with Gasteiger partial charge in [-0.2, -0.15) is 0 Å². The molecule has 0 aromatic rings. The number of aliphatic carboxylic acids is 1. The van der Waals surface area contributed by atoms with Gasteiger partial charge in [0.25, 0.3) is 0 Å². The Bertz CT molecular complexity index is 633. The van der Waals surface area contributed by atoms with E-state index in [9.17, 15) is 22.8 Å². The van der Waals surface area contributed by atoms with Crippen LogP contribution in [-0.2, 0) is 24.2 Å². The van der Waals surface area contributed by atoms with Gasteiger partial charge in [-0.3, -0.25) is 14.4 Å². The van der Waals surface area contributed by atoms with Crippen LogP contribution < -0.4 is 16.4 Å². The van der Waals surface area contributed by atoms with Gasteiger partial charge in [0.05, 0.1) is 28.0 Å². The minimum absolute atomic E-state index is 0.554. The molecule has 1 aliphatic rings. The van der Waals surface area contributed by atoms with E-state index in [1.165, 1.54) is 34.6 Å². The van der Waals surface area contributed by atoms with E-state index in [4.69, 9.17) is 10.8 Å². The molecule has 0 saturated carbocycles. The van der Waals surface area contributed by atoms with Crippen molar-refractivity contribution in [1.82, 2.24) is 10.6 Å². The summed E-state index contributed by atoms with van der Waals surface area (Å²) in [5.74, 6) is -2.55. The minimum atomic E-state index is -3.40. The van der Waals surface area contributed by atoms with E-state index in [0.29, 0.717) is 0 Å². The first-order valence-electron chi connectivity index (χ1n) is 7.48. The monoisotopic (exact) mass is 363 g/mol. The number of sulfone groups is 1. The predicted octanol–water partition coefficient (Wildman–Crippen LogP) is -1.24. The average molecular weight is 363 g/mol. The maximum absolute atomic E-state index is 12.2. The summed E-state index contributed by atoms with van der Waals surface area (Å²) in [7, 11) is -3.40.